The minimum Gasteiger partial charge on any atom is -0.496 e. The van der Waals surface area contributed by atoms with Crippen molar-refractivity contribution in [3.8, 4) is 28.5 Å². The van der Waals surface area contributed by atoms with Crippen LogP contribution in [0.2, 0.25) is 0 Å². The van der Waals surface area contributed by atoms with E-state index in [9.17, 15) is 4.79 Å². The van der Waals surface area contributed by atoms with Gasteiger partial charge >= 0.3 is 0 Å². The van der Waals surface area contributed by atoms with Crippen LogP contribution in [-0.4, -0.2) is 48.0 Å². The van der Waals surface area contributed by atoms with Crippen molar-refractivity contribution < 1.29 is 9.53 Å². The Morgan fingerprint density at radius 1 is 1.06 bits per heavy atom. The van der Waals surface area contributed by atoms with Crippen molar-refractivity contribution in [1.82, 2.24) is 35.0 Å². The molecule has 34 heavy (non-hydrogen) atoms. The van der Waals surface area contributed by atoms with Gasteiger partial charge in [-0.1, -0.05) is 6.07 Å². The number of aryl methyl sites for hydroxylation is 1. The Bertz CT molecular complexity index is 1320. The lowest BCUT2D eigenvalue weighted by molar-refractivity contribution is 0.102. The van der Waals surface area contributed by atoms with E-state index in [2.05, 4.69) is 44.8 Å². The highest BCUT2D eigenvalue weighted by Gasteiger charge is 2.19. The predicted octanol–water partition coefficient (Wildman–Crippen LogP) is 4.33. The van der Waals surface area contributed by atoms with E-state index >= 15 is 0 Å². The molecule has 3 aromatic heterocycles. The molecule has 1 aromatic carbocycles. The van der Waals surface area contributed by atoms with E-state index in [-0.39, 0.29) is 18.0 Å². The van der Waals surface area contributed by atoms with E-state index in [0.29, 0.717) is 28.6 Å². The number of benzene rings is 1. The zero-order valence-corrected chi connectivity index (χ0v) is 20.1. The van der Waals surface area contributed by atoms with Gasteiger partial charge in [-0.05, 0) is 80.9 Å². The van der Waals surface area contributed by atoms with Gasteiger partial charge in [0.1, 0.15) is 17.3 Å². The summed E-state index contributed by atoms with van der Waals surface area (Å²) in [4.78, 5) is 17.8. The number of aromatic nitrogens is 7. The molecular weight excluding hydrogens is 432 g/mol. The fraction of sp³-hybridized carbons (Fsp3) is 0.333. The molecule has 1 amide bonds. The number of methoxy groups -OCH3 is 1. The van der Waals surface area contributed by atoms with E-state index < -0.39 is 0 Å². The van der Waals surface area contributed by atoms with Crippen molar-refractivity contribution in [3.05, 3.63) is 53.7 Å². The fourth-order valence-electron chi connectivity index (χ4n) is 3.60. The Morgan fingerprint density at radius 3 is 2.53 bits per heavy atom. The maximum atomic E-state index is 13.3. The first-order chi connectivity index (χ1) is 16.3. The quantitative estimate of drug-likeness (QED) is 0.437. The van der Waals surface area contributed by atoms with Gasteiger partial charge in [0, 0.05) is 17.8 Å². The molecule has 0 unspecified atom stereocenters. The summed E-state index contributed by atoms with van der Waals surface area (Å²) in [5.74, 6) is 1.05. The van der Waals surface area contributed by atoms with Crippen molar-refractivity contribution in [2.75, 3.05) is 12.4 Å². The molecule has 4 aromatic rings. The third kappa shape index (κ3) is 4.52. The van der Waals surface area contributed by atoms with Crippen molar-refractivity contribution in [1.29, 1.82) is 0 Å². The zero-order chi connectivity index (χ0) is 24.4. The molecule has 4 rings (SSSR count). The Balaban J connectivity index is 1.66. The lowest BCUT2D eigenvalue weighted by atomic mass is 10.0. The van der Waals surface area contributed by atoms with Gasteiger partial charge in [0.15, 0.2) is 0 Å². The summed E-state index contributed by atoms with van der Waals surface area (Å²) in [7, 11) is 1.54. The number of pyridine rings is 1. The van der Waals surface area contributed by atoms with Crippen molar-refractivity contribution >= 4 is 11.7 Å². The van der Waals surface area contributed by atoms with Gasteiger partial charge in [-0.25, -0.2) is 9.67 Å². The molecule has 0 atom stereocenters. The summed E-state index contributed by atoms with van der Waals surface area (Å²) in [5.41, 5.74) is 3.57. The SMILES string of the molecule is COc1cc(C)c(-c2ccn(C(C)C)n2)cc1C(=O)Nc1cccc(-c2nnnn2C(C)C)n1. The van der Waals surface area contributed by atoms with Crippen molar-refractivity contribution in [2.45, 2.75) is 46.7 Å². The van der Waals surface area contributed by atoms with Crippen molar-refractivity contribution in [2.24, 2.45) is 0 Å². The van der Waals surface area contributed by atoms with Crippen LogP contribution in [0, 0.1) is 6.92 Å². The summed E-state index contributed by atoms with van der Waals surface area (Å²) < 4.78 is 9.08. The highest BCUT2D eigenvalue weighted by atomic mass is 16.5. The molecule has 0 bridgehead atoms. The van der Waals surface area contributed by atoms with Crippen LogP contribution in [0.1, 0.15) is 55.7 Å². The molecular formula is C24H28N8O2. The molecule has 0 saturated carbocycles. The highest BCUT2D eigenvalue weighted by molar-refractivity contribution is 6.06. The number of ether oxygens (including phenoxy) is 1. The average Bonchev–Trinajstić information content (AvgIpc) is 3.49. The minimum absolute atomic E-state index is 0.0689. The summed E-state index contributed by atoms with van der Waals surface area (Å²) in [6.45, 7) is 10.1. The number of carbonyl (C=O) groups is 1. The molecule has 0 saturated heterocycles. The highest BCUT2D eigenvalue weighted by Crippen LogP contribution is 2.31. The van der Waals surface area contributed by atoms with Crippen LogP contribution >= 0.6 is 0 Å². The molecule has 3 heterocycles. The number of nitrogens with one attached hydrogen (secondary N) is 1. The van der Waals surface area contributed by atoms with Gasteiger partial charge in [0.25, 0.3) is 5.91 Å². The first-order valence-electron chi connectivity index (χ1n) is 11.1. The summed E-state index contributed by atoms with van der Waals surface area (Å²) in [5, 5.41) is 19.4. The fourth-order valence-corrected chi connectivity index (χ4v) is 3.60. The Morgan fingerprint density at radius 2 is 1.85 bits per heavy atom. The monoisotopic (exact) mass is 460 g/mol. The van der Waals surface area contributed by atoms with E-state index in [1.54, 1.807) is 36.1 Å². The van der Waals surface area contributed by atoms with Gasteiger partial charge in [-0.15, -0.1) is 5.10 Å². The Hall–Kier alpha value is -4.08. The van der Waals surface area contributed by atoms with Gasteiger partial charge in [0.05, 0.1) is 24.4 Å². The normalized spacial score (nSPS) is 11.3. The lowest BCUT2D eigenvalue weighted by Crippen LogP contribution is -2.15. The standard InChI is InChI=1S/C24H28N8O2/c1-14(2)31-11-10-19(28-31)17-13-18(21(34-6)12-16(17)5)24(33)26-22-9-7-8-20(25-22)23-27-29-30-32(23)15(3)4/h7-15H,1-6H3,(H,25,26,33). The number of carbonyl (C=O) groups excluding carboxylic acids is 1. The number of hydrogen-bond acceptors (Lipinski definition) is 7. The molecule has 10 heteroatoms. The first-order valence-corrected chi connectivity index (χ1v) is 11.1. The topological polar surface area (TPSA) is 113 Å². The second kappa shape index (κ2) is 9.42. The van der Waals surface area contributed by atoms with Crippen molar-refractivity contribution in [3.63, 3.8) is 0 Å². The van der Waals surface area contributed by atoms with Crippen LogP contribution in [0.3, 0.4) is 0 Å². The molecule has 1 N–H and O–H groups in total. The van der Waals surface area contributed by atoms with Gasteiger partial charge in [-0.2, -0.15) is 5.10 Å². The predicted molar refractivity (Wildman–Crippen MR) is 129 cm³/mol. The maximum Gasteiger partial charge on any atom is 0.260 e. The molecule has 0 aliphatic carbocycles. The molecule has 0 aliphatic heterocycles. The Labute approximate surface area is 198 Å². The Kier molecular flexibility index (Phi) is 6.40. The summed E-state index contributed by atoms with van der Waals surface area (Å²) in [6.07, 6.45) is 1.93. The molecule has 0 fully saturated rings. The average molecular weight is 461 g/mol. The van der Waals surface area contributed by atoms with Crippen LogP contribution in [0.4, 0.5) is 5.82 Å². The van der Waals surface area contributed by atoms with Crippen LogP contribution in [0.15, 0.2) is 42.6 Å². The van der Waals surface area contributed by atoms with Gasteiger partial charge in [0.2, 0.25) is 5.82 Å². The first kappa shape index (κ1) is 23.1. The lowest BCUT2D eigenvalue weighted by Gasteiger charge is -2.13. The third-order valence-electron chi connectivity index (χ3n) is 5.41. The van der Waals surface area contributed by atoms with Crippen LogP contribution in [-0.2, 0) is 0 Å². The molecule has 176 valence electrons. The molecule has 0 aliphatic rings. The van der Waals surface area contributed by atoms with Crippen LogP contribution < -0.4 is 10.1 Å². The number of nitrogens with zero attached hydrogens (tertiary/aromatic N) is 7. The second-order valence-corrected chi connectivity index (χ2v) is 8.55. The number of anilines is 1. The smallest absolute Gasteiger partial charge is 0.260 e. The third-order valence-corrected chi connectivity index (χ3v) is 5.41. The summed E-state index contributed by atoms with van der Waals surface area (Å²) in [6, 6.07) is 11.2. The summed E-state index contributed by atoms with van der Waals surface area (Å²) >= 11 is 0. The van der Waals surface area contributed by atoms with Crippen LogP contribution in [0.5, 0.6) is 5.75 Å². The second-order valence-electron chi connectivity index (χ2n) is 8.55. The van der Waals surface area contributed by atoms with Gasteiger partial charge < -0.3 is 10.1 Å². The maximum absolute atomic E-state index is 13.3. The van der Waals surface area contributed by atoms with E-state index in [4.69, 9.17) is 4.74 Å². The van der Waals surface area contributed by atoms with E-state index in [0.717, 1.165) is 16.8 Å². The number of amides is 1. The van der Waals surface area contributed by atoms with Crippen LogP contribution in [0.25, 0.3) is 22.8 Å². The largest absolute Gasteiger partial charge is 0.496 e. The zero-order valence-electron chi connectivity index (χ0n) is 20.1. The van der Waals surface area contributed by atoms with E-state index in [1.165, 1.54) is 0 Å². The molecule has 0 spiro atoms. The number of rotatable bonds is 7. The van der Waals surface area contributed by atoms with Gasteiger partial charge in [-0.3, -0.25) is 9.48 Å². The van der Waals surface area contributed by atoms with E-state index in [1.807, 2.05) is 43.8 Å². The molecule has 10 nitrogen and oxygen atoms in total. The number of hydrogen-bond donors (Lipinski definition) is 1. The minimum atomic E-state index is -0.338. The number of tetrazole rings is 1. The molecule has 0 radical (unpaired) electrons.